The first-order chi connectivity index (χ1) is 8.15. The minimum Gasteiger partial charge on any atom is -0.508 e. The summed E-state index contributed by atoms with van der Waals surface area (Å²) in [6.07, 6.45) is 2.64. The van der Waals surface area contributed by atoms with Crippen LogP contribution in [0.2, 0.25) is 0 Å². The van der Waals surface area contributed by atoms with Crippen LogP contribution in [0.5, 0.6) is 5.75 Å². The summed E-state index contributed by atoms with van der Waals surface area (Å²) in [5, 5.41) is 9.80. The van der Waals surface area contributed by atoms with E-state index in [1.54, 1.807) is 0 Å². The van der Waals surface area contributed by atoms with Gasteiger partial charge in [0.05, 0.1) is 0 Å². The molecule has 0 aliphatic carbocycles. The summed E-state index contributed by atoms with van der Waals surface area (Å²) in [5.41, 5.74) is 2.33. The fourth-order valence-electron chi connectivity index (χ4n) is 2.40. The summed E-state index contributed by atoms with van der Waals surface area (Å²) in [7, 11) is 4.04. The summed E-state index contributed by atoms with van der Waals surface area (Å²) in [6, 6.07) is 5.99. The van der Waals surface area contributed by atoms with E-state index >= 15 is 0 Å². The van der Waals surface area contributed by atoms with Crippen molar-refractivity contribution in [2.24, 2.45) is 0 Å². The van der Waals surface area contributed by atoms with Crippen LogP contribution in [0.1, 0.15) is 24.0 Å². The number of hydrogen-bond donors (Lipinski definition) is 1. The minimum absolute atomic E-state index is 0.406. The lowest BCUT2D eigenvalue weighted by atomic mass is 10.1. The molecule has 0 radical (unpaired) electrons. The second-order valence-corrected chi connectivity index (χ2v) is 5.18. The first kappa shape index (κ1) is 12.4. The van der Waals surface area contributed by atoms with Gasteiger partial charge >= 0.3 is 0 Å². The van der Waals surface area contributed by atoms with E-state index in [4.69, 9.17) is 0 Å². The van der Waals surface area contributed by atoms with Gasteiger partial charge in [0, 0.05) is 18.7 Å². The molecule has 0 amide bonds. The van der Waals surface area contributed by atoms with Crippen LogP contribution in [0.3, 0.4) is 0 Å². The number of phenols is 1. The van der Waals surface area contributed by atoms with E-state index in [9.17, 15) is 5.11 Å². The standard InChI is InChI=1S/C14H22N2O/c1-15(2)11-13-9-12(5-6-14(13)17)10-16-7-3-4-8-16/h5-6,9,17H,3-4,7-8,10-11H2,1-2H3. The van der Waals surface area contributed by atoms with Crippen molar-refractivity contribution < 1.29 is 5.11 Å². The highest BCUT2D eigenvalue weighted by molar-refractivity contribution is 5.36. The maximum absolute atomic E-state index is 9.80. The number of phenolic OH excluding ortho intramolecular Hbond substituents is 1. The highest BCUT2D eigenvalue weighted by Crippen LogP contribution is 2.21. The Morgan fingerprint density at radius 3 is 2.59 bits per heavy atom. The van der Waals surface area contributed by atoms with E-state index in [-0.39, 0.29) is 0 Å². The first-order valence-electron chi connectivity index (χ1n) is 6.33. The molecule has 0 unspecified atom stereocenters. The normalized spacial score (nSPS) is 16.9. The first-order valence-corrected chi connectivity index (χ1v) is 6.33. The molecule has 0 atom stereocenters. The Kier molecular flexibility index (Phi) is 4.02. The molecule has 3 heteroatoms. The van der Waals surface area contributed by atoms with Crippen LogP contribution in [-0.2, 0) is 13.1 Å². The van der Waals surface area contributed by atoms with Gasteiger partial charge in [-0.25, -0.2) is 0 Å². The van der Waals surface area contributed by atoms with Crippen molar-refractivity contribution in [1.29, 1.82) is 0 Å². The van der Waals surface area contributed by atoms with E-state index in [1.807, 2.05) is 26.2 Å². The molecule has 0 saturated carbocycles. The Morgan fingerprint density at radius 1 is 1.24 bits per heavy atom. The summed E-state index contributed by atoms with van der Waals surface area (Å²) in [5.74, 6) is 0.406. The van der Waals surface area contributed by atoms with Crippen LogP contribution in [-0.4, -0.2) is 42.1 Å². The zero-order chi connectivity index (χ0) is 12.3. The van der Waals surface area contributed by atoms with Crippen molar-refractivity contribution in [3.8, 4) is 5.75 Å². The molecule has 1 N–H and O–H groups in total. The minimum atomic E-state index is 0.406. The Morgan fingerprint density at radius 2 is 1.94 bits per heavy atom. The number of benzene rings is 1. The highest BCUT2D eigenvalue weighted by Gasteiger charge is 2.12. The van der Waals surface area contributed by atoms with Gasteiger partial charge in [0.1, 0.15) is 5.75 Å². The third kappa shape index (κ3) is 3.45. The van der Waals surface area contributed by atoms with Crippen molar-refractivity contribution in [1.82, 2.24) is 9.80 Å². The van der Waals surface area contributed by atoms with E-state index in [1.165, 1.54) is 31.5 Å². The largest absolute Gasteiger partial charge is 0.508 e. The third-order valence-electron chi connectivity index (χ3n) is 3.24. The van der Waals surface area contributed by atoms with E-state index in [2.05, 4.69) is 15.9 Å². The maximum atomic E-state index is 9.80. The molecule has 1 aliphatic rings. The number of nitrogens with zero attached hydrogens (tertiary/aromatic N) is 2. The predicted molar refractivity (Wildman–Crippen MR) is 70.0 cm³/mol. The molecule has 1 heterocycles. The number of hydrogen-bond acceptors (Lipinski definition) is 3. The molecular formula is C14H22N2O. The van der Waals surface area contributed by atoms with E-state index in [0.29, 0.717) is 5.75 Å². The molecule has 1 aromatic carbocycles. The molecule has 1 aliphatic heterocycles. The monoisotopic (exact) mass is 234 g/mol. The van der Waals surface area contributed by atoms with Gasteiger partial charge in [-0.05, 0) is 57.7 Å². The van der Waals surface area contributed by atoms with Gasteiger partial charge in [0.25, 0.3) is 0 Å². The number of aromatic hydroxyl groups is 1. The van der Waals surface area contributed by atoms with Gasteiger partial charge in [-0.15, -0.1) is 0 Å². The lowest BCUT2D eigenvalue weighted by molar-refractivity contribution is 0.330. The lowest BCUT2D eigenvalue weighted by Gasteiger charge is -2.17. The van der Waals surface area contributed by atoms with Crippen molar-refractivity contribution in [3.05, 3.63) is 29.3 Å². The molecule has 0 spiro atoms. The Labute approximate surface area is 104 Å². The summed E-state index contributed by atoms with van der Waals surface area (Å²) in [6.45, 7) is 4.23. The molecule has 94 valence electrons. The topological polar surface area (TPSA) is 26.7 Å². The molecule has 0 aromatic heterocycles. The van der Waals surface area contributed by atoms with Crippen LogP contribution in [0.4, 0.5) is 0 Å². The zero-order valence-corrected chi connectivity index (χ0v) is 10.8. The lowest BCUT2D eigenvalue weighted by Crippen LogP contribution is -2.18. The average Bonchev–Trinajstić information content (AvgIpc) is 2.75. The average molecular weight is 234 g/mol. The summed E-state index contributed by atoms with van der Waals surface area (Å²) < 4.78 is 0. The summed E-state index contributed by atoms with van der Waals surface area (Å²) in [4.78, 5) is 4.56. The van der Waals surface area contributed by atoms with Crippen molar-refractivity contribution in [2.75, 3.05) is 27.2 Å². The second kappa shape index (κ2) is 5.52. The van der Waals surface area contributed by atoms with Crippen LogP contribution < -0.4 is 0 Å². The second-order valence-electron chi connectivity index (χ2n) is 5.18. The van der Waals surface area contributed by atoms with Crippen LogP contribution in [0, 0.1) is 0 Å². The number of likely N-dealkylation sites (tertiary alicyclic amines) is 1. The SMILES string of the molecule is CN(C)Cc1cc(CN2CCCC2)ccc1O. The smallest absolute Gasteiger partial charge is 0.120 e. The molecule has 3 nitrogen and oxygen atoms in total. The van der Waals surface area contributed by atoms with Gasteiger partial charge in [-0.3, -0.25) is 4.90 Å². The van der Waals surface area contributed by atoms with E-state index in [0.717, 1.165) is 18.7 Å². The zero-order valence-electron chi connectivity index (χ0n) is 10.8. The number of rotatable bonds is 4. The molecule has 1 aromatic rings. The fraction of sp³-hybridized carbons (Fsp3) is 0.571. The van der Waals surface area contributed by atoms with E-state index < -0.39 is 0 Å². The van der Waals surface area contributed by atoms with Crippen LogP contribution in [0.15, 0.2) is 18.2 Å². The van der Waals surface area contributed by atoms with Crippen molar-refractivity contribution in [2.45, 2.75) is 25.9 Å². The van der Waals surface area contributed by atoms with Gasteiger partial charge in [-0.2, -0.15) is 0 Å². The Hall–Kier alpha value is -1.06. The molecule has 17 heavy (non-hydrogen) atoms. The van der Waals surface area contributed by atoms with Crippen molar-refractivity contribution in [3.63, 3.8) is 0 Å². The quantitative estimate of drug-likeness (QED) is 0.863. The molecular weight excluding hydrogens is 212 g/mol. The van der Waals surface area contributed by atoms with Crippen LogP contribution >= 0.6 is 0 Å². The molecule has 0 bridgehead atoms. The molecule has 1 saturated heterocycles. The summed E-state index contributed by atoms with van der Waals surface area (Å²) >= 11 is 0. The van der Waals surface area contributed by atoms with Crippen molar-refractivity contribution >= 4 is 0 Å². The van der Waals surface area contributed by atoms with Crippen LogP contribution in [0.25, 0.3) is 0 Å². The van der Waals surface area contributed by atoms with Gasteiger partial charge in [0.15, 0.2) is 0 Å². The van der Waals surface area contributed by atoms with Gasteiger partial charge in [0.2, 0.25) is 0 Å². The molecule has 2 rings (SSSR count). The predicted octanol–water partition coefficient (Wildman–Crippen LogP) is 2.05. The fourth-order valence-corrected chi connectivity index (χ4v) is 2.40. The highest BCUT2D eigenvalue weighted by atomic mass is 16.3. The van der Waals surface area contributed by atoms with Gasteiger partial charge < -0.3 is 10.0 Å². The third-order valence-corrected chi connectivity index (χ3v) is 3.24. The maximum Gasteiger partial charge on any atom is 0.120 e. The Bertz CT molecular complexity index is 370. The van der Waals surface area contributed by atoms with Gasteiger partial charge in [-0.1, -0.05) is 6.07 Å². The molecule has 1 fully saturated rings. The Balaban J connectivity index is 2.06.